The molecule has 0 aliphatic rings. The van der Waals surface area contributed by atoms with Gasteiger partial charge in [-0.15, -0.1) is 0 Å². The number of benzene rings is 2. The van der Waals surface area contributed by atoms with Gasteiger partial charge >= 0.3 is 5.97 Å². The van der Waals surface area contributed by atoms with Gasteiger partial charge in [-0.2, -0.15) is 0 Å². The first kappa shape index (κ1) is 28.2. The minimum Gasteiger partial charge on any atom is -0.493 e. The Bertz CT molecular complexity index is 1070. The number of carbonyl (C=O) groups is 2. The molecule has 2 rings (SSSR count). The molecule has 0 radical (unpaired) electrons. The average molecular weight is 506 g/mol. The summed E-state index contributed by atoms with van der Waals surface area (Å²) in [5.74, 6) is -0.420. The second-order valence-electron chi connectivity index (χ2n) is 8.52. The molecule has 1 atom stereocenters. The normalized spacial score (nSPS) is 12.3. The van der Waals surface area contributed by atoms with Gasteiger partial charge in [0.2, 0.25) is 0 Å². The summed E-state index contributed by atoms with van der Waals surface area (Å²) in [4.78, 5) is 26.4. The van der Waals surface area contributed by atoms with Crippen LogP contribution in [0.3, 0.4) is 0 Å². The highest BCUT2D eigenvalue weighted by Crippen LogP contribution is 2.41. The van der Waals surface area contributed by atoms with Crippen molar-refractivity contribution >= 4 is 29.2 Å². The van der Waals surface area contributed by atoms with E-state index >= 15 is 0 Å². The number of anilines is 1. The fourth-order valence-corrected chi connectivity index (χ4v) is 3.65. The Labute approximate surface area is 210 Å². The van der Waals surface area contributed by atoms with E-state index in [1.54, 1.807) is 57.2 Å². The Balaban J connectivity index is 2.64. The second-order valence-corrected chi connectivity index (χ2v) is 8.96. The van der Waals surface area contributed by atoms with Crippen LogP contribution in [-0.2, 0) is 14.3 Å². The molecule has 0 aliphatic carbocycles. The number of carbonyl (C=O) groups excluding carboxylic acids is 2. The molecule has 0 unspecified atom stereocenters. The van der Waals surface area contributed by atoms with Crippen molar-refractivity contribution in [2.24, 2.45) is 5.41 Å². The third-order valence-electron chi connectivity index (χ3n) is 5.23. The molecule has 1 amide bonds. The number of hydrogen-bond donors (Lipinski definition) is 2. The van der Waals surface area contributed by atoms with E-state index in [1.165, 1.54) is 19.1 Å². The lowest BCUT2D eigenvalue weighted by Crippen LogP contribution is -2.40. The van der Waals surface area contributed by atoms with Crippen molar-refractivity contribution in [1.29, 1.82) is 0 Å². The molecule has 0 saturated heterocycles. The maximum absolute atomic E-state index is 13.3. The van der Waals surface area contributed by atoms with Gasteiger partial charge in [0.15, 0.2) is 11.5 Å². The van der Waals surface area contributed by atoms with Crippen LogP contribution < -0.4 is 14.4 Å². The molecular formula is C26H32ClNO7. The third kappa shape index (κ3) is 7.21. The Hall–Kier alpha value is -3.07. The number of aliphatic hydroxyl groups excluding tert-OH is 2. The van der Waals surface area contributed by atoms with Crippen molar-refractivity contribution in [3.05, 3.63) is 64.7 Å². The fraction of sp³-hybridized carbons (Fsp3) is 0.385. The van der Waals surface area contributed by atoms with Crippen LogP contribution >= 0.6 is 11.6 Å². The van der Waals surface area contributed by atoms with Gasteiger partial charge in [-0.1, -0.05) is 37.6 Å². The lowest BCUT2D eigenvalue weighted by molar-refractivity contribution is -0.137. The standard InChI is InChI=1S/C26H32ClNO7/c1-6-35-23(31)13-12-22(30)28(15-26(2,3)16-29)20-11-10-17(27)14-19(20)24(32)18-8-7-9-21(33-4)25(18)34-5/h7-14,24,29,32H,6,15-16H2,1-5H3/b13-12+/t24-/m1/s1. The van der Waals surface area contributed by atoms with E-state index in [-0.39, 0.29) is 19.8 Å². The lowest BCUT2D eigenvalue weighted by atomic mass is 9.92. The molecule has 2 N–H and O–H groups in total. The Morgan fingerprint density at radius 3 is 2.43 bits per heavy atom. The lowest BCUT2D eigenvalue weighted by Gasteiger charge is -2.33. The van der Waals surface area contributed by atoms with Gasteiger partial charge in [-0.25, -0.2) is 4.79 Å². The molecular weight excluding hydrogens is 474 g/mol. The number of esters is 1. The van der Waals surface area contributed by atoms with Crippen LogP contribution in [0.4, 0.5) is 5.69 Å². The van der Waals surface area contributed by atoms with Crippen LogP contribution in [0.25, 0.3) is 0 Å². The largest absolute Gasteiger partial charge is 0.493 e. The summed E-state index contributed by atoms with van der Waals surface area (Å²) in [6.07, 6.45) is 0.903. The molecule has 0 aromatic heterocycles. The van der Waals surface area contributed by atoms with E-state index in [0.29, 0.717) is 33.3 Å². The van der Waals surface area contributed by atoms with Crippen molar-refractivity contribution in [3.8, 4) is 11.5 Å². The molecule has 0 bridgehead atoms. The fourth-order valence-electron chi connectivity index (χ4n) is 3.46. The topological polar surface area (TPSA) is 106 Å². The second kappa shape index (κ2) is 12.6. The molecule has 8 nitrogen and oxygen atoms in total. The predicted molar refractivity (Wildman–Crippen MR) is 134 cm³/mol. The predicted octanol–water partition coefficient (Wildman–Crippen LogP) is 3.91. The molecule has 2 aromatic rings. The molecule has 0 saturated carbocycles. The van der Waals surface area contributed by atoms with Crippen molar-refractivity contribution in [1.82, 2.24) is 0 Å². The summed E-state index contributed by atoms with van der Waals surface area (Å²) in [5, 5.41) is 21.6. The third-order valence-corrected chi connectivity index (χ3v) is 5.47. The van der Waals surface area contributed by atoms with E-state index in [2.05, 4.69) is 0 Å². The average Bonchev–Trinajstić information content (AvgIpc) is 2.85. The van der Waals surface area contributed by atoms with Crippen LogP contribution in [0.1, 0.15) is 38.0 Å². The van der Waals surface area contributed by atoms with Crippen LogP contribution in [0.15, 0.2) is 48.6 Å². The van der Waals surface area contributed by atoms with Gasteiger partial charge in [-0.05, 0) is 31.2 Å². The van der Waals surface area contributed by atoms with Gasteiger partial charge in [0.05, 0.1) is 26.5 Å². The van der Waals surface area contributed by atoms with Crippen LogP contribution in [-0.4, -0.2) is 56.1 Å². The Morgan fingerprint density at radius 2 is 1.83 bits per heavy atom. The van der Waals surface area contributed by atoms with Gasteiger partial charge in [0.25, 0.3) is 5.91 Å². The van der Waals surface area contributed by atoms with Gasteiger partial charge in [-0.3, -0.25) is 4.79 Å². The summed E-state index contributed by atoms with van der Waals surface area (Å²) < 4.78 is 15.7. The van der Waals surface area contributed by atoms with Gasteiger partial charge in [0, 0.05) is 46.9 Å². The number of methoxy groups -OCH3 is 2. The highest BCUT2D eigenvalue weighted by molar-refractivity contribution is 6.30. The van der Waals surface area contributed by atoms with Crippen molar-refractivity contribution in [3.63, 3.8) is 0 Å². The molecule has 9 heteroatoms. The van der Waals surface area contributed by atoms with Crippen molar-refractivity contribution in [2.45, 2.75) is 26.9 Å². The zero-order valence-electron chi connectivity index (χ0n) is 20.6. The quantitative estimate of drug-likeness (QED) is 0.352. The van der Waals surface area contributed by atoms with Crippen molar-refractivity contribution < 1.29 is 34.0 Å². The van der Waals surface area contributed by atoms with E-state index in [4.69, 9.17) is 25.8 Å². The molecule has 190 valence electrons. The van der Waals surface area contributed by atoms with Crippen LogP contribution in [0.5, 0.6) is 11.5 Å². The number of aliphatic hydroxyl groups is 2. The van der Waals surface area contributed by atoms with E-state index in [0.717, 1.165) is 12.2 Å². The zero-order valence-corrected chi connectivity index (χ0v) is 21.3. The first-order chi connectivity index (χ1) is 16.6. The van der Waals surface area contributed by atoms with Crippen LogP contribution in [0, 0.1) is 5.41 Å². The van der Waals surface area contributed by atoms with E-state index in [1.807, 2.05) is 0 Å². The van der Waals surface area contributed by atoms with Gasteiger partial charge in [0.1, 0.15) is 6.10 Å². The summed E-state index contributed by atoms with van der Waals surface area (Å²) in [6, 6.07) is 9.86. The first-order valence-electron chi connectivity index (χ1n) is 11.0. The van der Waals surface area contributed by atoms with E-state index < -0.39 is 23.4 Å². The maximum Gasteiger partial charge on any atom is 0.330 e. The molecule has 2 aromatic carbocycles. The number of halogens is 1. The number of para-hydroxylation sites is 1. The number of nitrogens with zero attached hydrogens (tertiary/aromatic N) is 1. The zero-order chi connectivity index (χ0) is 26.2. The smallest absolute Gasteiger partial charge is 0.330 e. The number of rotatable bonds is 11. The van der Waals surface area contributed by atoms with E-state index in [9.17, 15) is 19.8 Å². The monoisotopic (exact) mass is 505 g/mol. The minimum absolute atomic E-state index is 0.0894. The molecule has 0 fully saturated rings. The number of hydrogen-bond acceptors (Lipinski definition) is 7. The van der Waals surface area contributed by atoms with Crippen molar-refractivity contribution in [2.75, 3.05) is 38.9 Å². The highest BCUT2D eigenvalue weighted by atomic mass is 35.5. The summed E-state index contributed by atoms with van der Waals surface area (Å²) in [7, 11) is 2.96. The molecule has 35 heavy (non-hydrogen) atoms. The number of ether oxygens (including phenoxy) is 3. The van der Waals surface area contributed by atoms with Crippen LogP contribution in [0.2, 0.25) is 5.02 Å². The molecule has 0 aliphatic heterocycles. The van der Waals surface area contributed by atoms with Gasteiger partial charge < -0.3 is 29.3 Å². The Morgan fingerprint density at radius 1 is 1.11 bits per heavy atom. The highest BCUT2D eigenvalue weighted by Gasteiger charge is 2.29. The summed E-state index contributed by atoms with van der Waals surface area (Å²) >= 11 is 6.28. The molecule has 0 spiro atoms. The minimum atomic E-state index is -1.24. The SMILES string of the molecule is CCOC(=O)/C=C/C(=O)N(CC(C)(C)CO)c1ccc(Cl)cc1[C@H](O)c1cccc(OC)c1OC. The summed E-state index contributed by atoms with van der Waals surface area (Å²) in [6.45, 7) is 5.31. The molecule has 0 heterocycles. The Kier molecular flexibility index (Phi) is 10.1. The number of amides is 1. The summed E-state index contributed by atoms with van der Waals surface area (Å²) in [5.41, 5.74) is 0.400. The first-order valence-corrected chi connectivity index (χ1v) is 11.4. The maximum atomic E-state index is 13.3.